The highest BCUT2D eigenvalue weighted by atomic mass is 35.5. The van der Waals surface area contributed by atoms with E-state index in [9.17, 15) is 13.6 Å². The average Bonchev–Trinajstić information content (AvgIpc) is 3.16. The number of carbonyl (C=O) groups is 1. The van der Waals surface area contributed by atoms with Crippen molar-refractivity contribution in [2.75, 3.05) is 20.1 Å². The minimum absolute atomic E-state index is 0. The zero-order chi connectivity index (χ0) is 15.0. The van der Waals surface area contributed by atoms with Gasteiger partial charge in [-0.1, -0.05) is 6.07 Å². The predicted octanol–water partition coefficient (Wildman–Crippen LogP) is 2.73. The topological polar surface area (TPSA) is 32.3 Å². The molecule has 1 saturated carbocycles. The second-order valence-electron chi connectivity index (χ2n) is 6.31. The Balaban J connectivity index is 0.00000176. The molecule has 0 bridgehead atoms. The van der Waals surface area contributed by atoms with Gasteiger partial charge in [0.25, 0.3) is 0 Å². The van der Waals surface area contributed by atoms with Crippen molar-refractivity contribution in [1.29, 1.82) is 0 Å². The highest BCUT2D eigenvalue weighted by molar-refractivity contribution is 5.85. The number of hydrogen-bond acceptors (Lipinski definition) is 2. The van der Waals surface area contributed by atoms with Crippen LogP contribution in [0.1, 0.15) is 24.8 Å². The van der Waals surface area contributed by atoms with E-state index >= 15 is 0 Å². The lowest BCUT2D eigenvalue weighted by atomic mass is 9.91. The summed E-state index contributed by atoms with van der Waals surface area (Å²) in [5.41, 5.74) is 0.815. The van der Waals surface area contributed by atoms with Gasteiger partial charge in [0.05, 0.1) is 0 Å². The maximum atomic E-state index is 13.2. The monoisotopic (exact) mass is 330 g/mol. The first-order valence-electron chi connectivity index (χ1n) is 7.41. The largest absolute Gasteiger partial charge is 0.341 e. The molecular formula is C16H21ClF2N2O. The van der Waals surface area contributed by atoms with Gasteiger partial charge in [0.1, 0.15) is 0 Å². The molecule has 1 N–H and O–H groups in total. The van der Waals surface area contributed by atoms with Crippen LogP contribution >= 0.6 is 12.4 Å². The Kier molecular flexibility index (Phi) is 5.07. The first kappa shape index (κ1) is 17.2. The fourth-order valence-corrected chi connectivity index (χ4v) is 3.43. The zero-order valence-electron chi connectivity index (χ0n) is 12.6. The number of carbonyl (C=O) groups excluding carboxylic acids is 1. The Morgan fingerprint density at radius 2 is 2.00 bits per heavy atom. The molecule has 2 fully saturated rings. The fraction of sp³-hybridized carbons (Fsp3) is 0.562. The number of benzene rings is 1. The van der Waals surface area contributed by atoms with Crippen molar-refractivity contribution >= 4 is 18.3 Å². The summed E-state index contributed by atoms with van der Waals surface area (Å²) in [6.07, 6.45) is 3.08. The molecule has 1 aliphatic carbocycles. The Labute approximate surface area is 135 Å². The summed E-state index contributed by atoms with van der Waals surface area (Å²) >= 11 is 0. The minimum Gasteiger partial charge on any atom is -0.341 e. The molecule has 122 valence electrons. The Morgan fingerprint density at radius 3 is 2.64 bits per heavy atom. The molecule has 1 saturated heterocycles. The van der Waals surface area contributed by atoms with Crippen LogP contribution in [0.3, 0.4) is 0 Å². The van der Waals surface area contributed by atoms with E-state index in [0.717, 1.165) is 44.5 Å². The number of piperidine rings is 1. The molecule has 3 nitrogen and oxygen atoms in total. The van der Waals surface area contributed by atoms with Crippen molar-refractivity contribution in [1.82, 2.24) is 10.2 Å². The molecule has 1 aliphatic heterocycles. The summed E-state index contributed by atoms with van der Waals surface area (Å²) in [6, 6.07) is 3.79. The van der Waals surface area contributed by atoms with Crippen LogP contribution < -0.4 is 5.32 Å². The lowest BCUT2D eigenvalue weighted by molar-refractivity contribution is -0.132. The van der Waals surface area contributed by atoms with E-state index in [-0.39, 0.29) is 29.6 Å². The normalized spacial score (nSPS) is 22.0. The molecule has 1 spiro atoms. The summed E-state index contributed by atoms with van der Waals surface area (Å²) in [6.45, 7) is 2.29. The molecule has 1 heterocycles. The first-order chi connectivity index (χ1) is 10.0. The third-order valence-electron chi connectivity index (χ3n) is 4.87. The van der Waals surface area contributed by atoms with Gasteiger partial charge in [-0.15, -0.1) is 12.4 Å². The van der Waals surface area contributed by atoms with Gasteiger partial charge < -0.3 is 10.2 Å². The number of halogens is 3. The van der Waals surface area contributed by atoms with Gasteiger partial charge in [-0.3, -0.25) is 4.79 Å². The Hall–Kier alpha value is -1.20. The minimum atomic E-state index is -0.866. The smallest absolute Gasteiger partial charge is 0.226 e. The van der Waals surface area contributed by atoms with Gasteiger partial charge >= 0.3 is 0 Å². The third kappa shape index (κ3) is 3.25. The molecular weight excluding hydrogens is 310 g/mol. The van der Waals surface area contributed by atoms with Crippen molar-refractivity contribution in [3.8, 4) is 0 Å². The molecule has 1 aromatic carbocycles. The molecule has 1 atom stereocenters. The van der Waals surface area contributed by atoms with Crippen LogP contribution in [-0.2, 0) is 11.3 Å². The number of amides is 1. The highest BCUT2D eigenvalue weighted by Crippen LogP contribution is 2.59. The second-order valence-corrected chi connectivity index (χ2v) is 6.31. The average molecular weight is 331 g/mol. The summed E-state index contributed by atoms with van der Waals surface area (Å²) in [5, 5.41) is 3.32. The lowest BCUT2D eigenvalue weighted by Gasteiger charge is -2.25. The zero-order valence-corrected chi connectivity index (χ0v) is 13.4. The van der Waals surface area contributed by atoms with Crippen LogP contribution in [0.25, 0.3) is 0 Å². The van der Waals surface area contributed by atoms with Gasteiger partial charge in [0, 0.05) is 19.5 Å². The van der Waals surface area contributed by atoms with Crippen molar-refractivity contribution in [3.63, 3.8) is 0 Å². The van der Waals surface area contributed by atoms with Crippen molar-refractivity contribution in [3.05, 3.63) is 35.4 Å². The maximum Gasteiger partial charge on any atom is 0.226 e. The number of rotatable bonds is 3. The van der Waals surface area contributed by atoms with E-state index in [1.807, 2.05) is 0 Å². The van der Waals surface area contributed by atoms with Crippen molar-refractivity contribution < 1.29 is 13.6 Å². The number of nitrogens with one attached hydrogen (secondary N) is 1. The van der Waals surface area contributed by atoms with Crippen molar-refractivity contribution in [2.45, 2.75) is 25.8 Å². The van der Waals surface area contributed by atoms with Gasteiger partial charge in [-0.25, -0.2) is 8.78 Å². The van der Waals surface area contributed by atoms with Crippen LogP contribution in [0.5, 0.6) is 0 Å². The molecule has 2 aliphatic rings. The van der Waals surface area contributed by atoms with Gasteiger partial charge in [-0.05, 0) is 55.5 Å². The van der Waals surface area contributed by atoms with E-state index in [0.29, 0.717) is 12.1 Å². The van der Waals surface area contributed by atoms with E-state index in [2.05, 4.69) is 5.32 Å². The van der Waals surface area contributed by atoms with Gasteiger partial charge in [-0.2, -0.15) is 0 Å². The SMILES string of the molecule is CN(Cc1ccc(F)c(F)c1)C(=O)C1CC12CCNCC2.Cl. The molecule has 3 rings (SSSR count). The Morgan fingerprint density at radius 1 is 1.32 bits per heavy atom. The van der Waals surface area contributed by atoms with E-state index in [1.165, 1.54) is 6.07 Å². The fourth-order valence-electron chi connectivity index (χ4n) is 3.43. The van der Waals surface area contributed by atoms with Gasteiger partial charge in [0.15, 0.2) is 11.6 Å². The highest BCUT2D eigenvalue weighted by Gasteiger charge is 2.58. The van der Waals surface area contributed by atoms with E-state index in [1.54, 1.807) is 11.9 Å². The van der Waals surface area contributed by atoms with Crippen LogP contribution in [0.4, 0.5) is 8.78 Å². The standard InChI is InChI=1S/C16H20F2N2O.ClH/c1-20(10-11-2-3-13(17)14(18)8-11)15(21)12-9-16(12)4-6-19-7-5-16;/h2-3,8,12,19H,4-7,9-10H2,1H3;1H. The summed E-state index contributed by atoms with van der Waals surface area (Å²) in [4.78, 5) is 14.1. The van der Waals surface area contributed by atoms with Crippen LogP contribution in [0, 0.1) is 23.0 Å². The molecule has 1 amide bonds. The molecule has 22 heavy (non-hydrogen) atoms. The van der Waals surface area contributed by atoms with Crippen LogP contribution in [0.2, 0.25) is 0 Å². The van der Waals surface area contributed by atoms with Crippen molar-refractivity contribution in [2.24, 2.45) is 11.3 Å². The van der Waals surface area contributed by atoms with Crippen LogP contribution in [0.15, 0.2) is 18.2 Å². The third-order valence-corrected chi connectivity index (χ3v) is 4.87. The molecule has 6 heteroatoms. The number of hydrogen-bond donors (Lipinski definition) is 1. The second kappa shape index (κ2) is 6.50. The summed E-state index contributed by atoms with van der Waals surface area (Å²) in [7, 11) is 1.73. The summed E-state index contributed by atoms with van der Waals surface area (Å²) in [5.74, 6) is -1.49. The van der Waals surface area contributed by atoms with Gasteiger partial charge in [0.2, 0.25) is 5.91 Å². The Bertz CT molecular complexity index is 561. The lowest BCUT2D eigenvalue weighted by Crippen LogP contribution is -2.34. The van der Waals surface area contributed by atoms with Crippen LogP contribution in [-0.4, -0.2) is 30.9 Å². The maximum absolute atomic E-state index is 13.2. The first-order valence-corrected chi connectivity index (χ1v) is 7.41. The molecule has 1 unspecified atom stereocenters. The molecule has 1 aromatic rings. The van der Waals surface area contributed by atoms with E-state index in [4.69, 9.17) is 0 Å². The predicted molar refractivity (Wildman–Crippen MR) is 82.7 cm³/mol. The van der Waals surface area contributed by atoms with E-state index < -0.39 is 11.6 Å². The summed E-state index contributed by atoms with van der Waals surface area (Å²) < 4.78 is 26.1. The molecule has 0 radical (unpaired) electrons. The quantitative estimate of drug-likeness (QED) is 0.924. The molecule has 0 aromatic heterocycles. The number of nitrogens with zero attached hydrogens (tertiary/aromatic N) is 1.